The smallest absolute Gasteiger partial charge is 0.257 e. The van der Waals surface area contributed by atoms with Crippen molar-refractivity contribution in [2.75, 3.05) is 25.3 Å². The van der Waals surface area contributed by atoms with Crippen LogP contribution in [0.25, 0.3) is 0 Å². The van der Waals surface area contributed by atoms with Gasteiger partial charge in [0, 0.05) is 5.56 Å². The maximum atomic E-state index is 12.2. The first-order valence-electron chi connectivity index (χ1n) is 6.31. The molecule has 0 fully saturated rings. The van der Waals surface area contributed by atoms with E-state index in [4.69, 9.17) is 15.2 Å². The Kier molecular flexibility index (Phi) is 5.77. The van der Waals surface area contributed by atoms with Crippen molar-refractivity contribution >= 4 is 40.0 Å². The Morgan fingerprint density at radius 2 is 2.00 bits per heavy atom. The molecule has 0 saturated heterocycles. The topological polar surface area (TPSA) is 116 Å². The summed E-state index contributed by atoms with van der Waals surface area (Å²) in [6.07, 6.45) is 0. The largest absolute Gasteiger partial charge is 0.493 e. The number of thioether (sulfide) groups is 1. The lowest BCUT2D eigenvalue weighted by molar-refractivity contribution is -0.115. The van der Waals surface area contributed by atoms with Crippen molar-refractivity contribution in [2.45, 2.75) is 4.34 Å². The second-order valence-electron chi connectivity index (χ2n) is 4.15. The van der Waals surface area contributed by atoms with Crippen molar-refractivity contribution in [2.24, 2.45) is 5.73 Å². The monoisotopic (exact) mass is 354 g/mol. The lowest BCUT2D eigenvalue weighted by atomic mass is 10.2. The highest BCUT2D eigenvalue weighted by atomic mass is 32.2. The molecule has 0 aliphatic heterocycles. The molecule has 23 heavy (non-hydrogen) atoms. The van der Waals surface area contributed by atoms with E-state index in [1.54, 1.807) is 18.2 Å². The van der Waals surface area contributed by atoms with Crippen molar-refractivity contribution in [1.82, 2.24) is 10.2 Å². The maximum absolute atomic E-state index is 12.2. The average molecular weight is 354 g/mol. The Labute approximate surface area is 140 Å². The molecule has 2 amide bonds. The second kappa shape index (κ2) is 7.79. The molecule has 1 aromatic heterocycles. The van der Waals surface area contributed by atoms with Crippen LogP contribution >= 0.6 is 23.1 Å². The number of nitrogens with two attached hydrogens (primary N) is 1. The van der Waals surface area contributed by atoms with Gasteiger partial charge < -0.3 is 15.2 Å². The predicted molar refractivity (Wildman–Crippen MR) is 87.3 cm³/mol. The third-order valence-corrected chi connectivity index (χ3v) is 4.60. The zero-order chi connectivity index (χ0) is 16.8. The van der Waals surface area contributed by atoms with Gasteiger partial charge in [-0.3, -0.25) is 14.9 Å². The molecule has 2 aromatic rings. The normalized spacial score (nSPS) is 10.2. The molecule has 8 nitrogen and oxygen atoms in total. The molecule has 10 heteroatoms. The number of carbonyl (C=O) groups excluding carboxylic acids is 2. The zero-order valence-electron chi connectivity index (χ0n) is 12.4. The van der Waals surface area contributed by atoms with Crippen LogP contribution in [0, 0.1) is 0 Å². The van der Waals surface area contributed by atoms with Gasteiger partial charge in [-0.05, 0) is 18.2 Å². The number of benzene rings is 1. The number of hydrogen-bond donors (Lipinski definition) is 2. The number of carbonyl (C=O) groups is 2. The van der Waals surface area contributed by atoms with Gasteiger partial charge in [0.1, 0.15) is 0 Å². The van der Waals surface area contributed by atoms with E-state index in [0.29, 0.717) is 26.5 Å². The van der Waals surface area contributed by atoms with E-state index in [1.165, 1.54) is 26.0 Å². The highest BCUT2D eigenvalue weighted by Gasteiger charge is 2.13. The summed E-state index contributed by atoms with van der Waals surface area (Å²) in [7, 11) is 3.01. The molecule has 1 heterocycles. The van der Waals surface area contributed by atoms with Crippen LogP contribution < -0.4 is 20.5 Å². The number of methoxy groups -OCH3 is 2. The number of anilines is 1. The summed E-state index contributed by atoms with van der Waals surface area (Å²) in [5, 5.41) is 10.7. The Morgan fingerprint density at radius 1 is 1.26 bits per heavy atom. The van der Waals surface area contributed by atoms with Gasteiger partial charge in [-0.2, -0.15) is 0 Å². The van der Waals surface area contributed by atoms with Crippen molar-refractivity contribution in [3.8, 4) is 11.5 Å². The molecule has 0 radical (unpaired) electrons. The third-order valence-electron chi connectivity index (χ3n) is 2.61. The molecule has 0 unspecified atom stereocenters. The minimum Gasteiger partial charge on any atom is -0.493 e. The van der Waals surface area contributed by atoms with E-state index in [1.807, 2.05) is 0 Å². The van der Waals surface area contributed by atoms with Gasteiger partial charge >= 0.3 is 0 Å². The van der Waals surface area contributed by atoms with Crippen LogP contribution in [0.15, 0.2) is 22.5 Å². The van der Waals surface area contributed by atoms with Crippen molar-refractivity contribution in [1.29, 1.82) is 0 Å². The summed E-state index contributed by atoms with van der Waals surface area (Å²) in [6.45, 7) is 0. The van der Waals surface area contributed by atoms with E-state index in [9.17, 15) is 9.59 Å². The Hall–Kier alpha value is -2.33. The number of rotatable bonds is 7. The van der Waals surface area contributed by atoms with Gasteiger partial charge in [0.15, 0.2) is 15.8 Å². The number of hydrogen-bond acceptors (Lipinski definition) is 8. The molecule has 0 spiro atoms. The summed E-state index contributed by atoms with van der Waals surface area (Å²) in [4.78, 5) is 22.9. The van der Waals surface area contributed by atoms with Gasteiger partial charge in [0.05, 0.1) is 20.0 Å². The fourth-order valence-corrected chi connectivity index (χ4v) is 3.08. The molecule has 0 aliphatic rings. The Balaban J connectivity index is 2.05. The summed E-state index contributed by atoms with van der Waals surface area (Å²) in [5.41, 5.74) is 5.45. The Bertz CT molecular complexity index is 720. The van der Waals surface area contributed by atoms with Gasteiger partial charge in [-0.1, -0.05) is 23.1 Å². The summed E-state index contributed by atoms with van der Waals surface area (Å²) in [5.74, 6) is 0.299. The predicted octanol–water partition coefficient (Wildman–Crippen LogP) is 1.38. The third kappa shape index (κ3) is 4.57. The van der Waals surface area contributed by atoms with Crippen LogP contribution in [-0.4, -0.2) is 42.0 Å². The molecule has 0 bridgehead atoms. The fraction of sp³-hybridized carbons (Fsp3) is 0.231. The summed E-state index contributed by atoms with van der Waals surface area (Å²) >= 11 is 2.33. The van der Waals surface area contributed by atoms with Crippen LogP contribution in [0.4, 0.5) is 5.13 Å². The van der Waals surface area contributed by atoms with Crippen molar-refractivity contribution in [3.05, 3.63) is 23.8 Å². The molecule has 122 valence electrons. The molecule has 2 rings (SSSR count). The Morgan fingerprint density at radius 3 is 2.65 bits per heavy atom. The minimum atomic E-state index is -0.443. The van der Waals surface area contributed by atoms with Gasteiger partial charge in [0.2, 0.25) is 11.0 Å². The lowest BCUT2D eigenvalue weighted by Crippen LogP contribution is -2.12. The van der Waals surface area contributed by atoms with E-state index < -0.39 is 5.91 Å². The van der Waals surface area contributed by atoms with Gasteiger partial charge in [-0.25, -0.2) is 0 Å². The number of nitrogens with one attached hydrogen (secondary N) is 1. The molecular weight excluding hydrogens is 340 g/mol. The van der Waals surface area contributed by atoms with Gasteiger partial charge in [-0.15, -0.1) is 10.2 Å². The first-order chi connectivity index (χ1) is 11.0. The first kappa shape index (κ1) is 17.0. The van der Waals surface area contributed by atoms with Crippen LogP contribution in [0.3, 0.4) is 0 Å². The van der Waals surface area contributed by atoms with E-state index in [0.717, 1.165) is 11.3 Å². The maximum Gasteiger partial charge on any atom is 0.257 e. The molecular formula is C13H14N4O4S2. The number of ether oxygens (including phenoxy) is 2. The molecule has 0 aliphatic carbocycles. The van der Waals surface area contributed by atoms with Crippen LogP contribution in [0.2, 0.25) is 0 Å². The van der Waals surface area contributed by atoms with Crippen molar-refractivity contribution in [3.63, 3.8) is 0 Å². The lowest BCUT2D eigenvalue weighted by Gasteiger charge is -2.08. The average Bonchev–Trinajstić information content (AvgIpc) is 2.99. The number of primary amides is 1. The summed E-state index contributed by atoms with van der Waals surface area (Å²) < 4.78 is 10.8. The SMILES string of the molecule is COc1ccc(C(=O)Nc2nnc(SCC(N)=O)s2)cc1OC. The number of amides is 2. The number of nitrogens with zero attached hydrogens (tertiary/aromatic N) is 2. The van der Waals surface area contributed by atoms with E-state index in [-0.39, 0.29) is 11.7 Å². The number of aromatic nitrogens is 2. The fourth-order valence-electron chi connectivity index (χ4n) is 1.60. The molecule has 1 aromatic carbocycles. The molecule has 3 N–H and O–H groups in total. The molecule has 0 atom stereocenters. The highest BCUT2D eigenvalue weighted by molar-refractivity contribution is 8.01. The van der Waals surface area contributed by atoms with Gasteiger partial charge in [0.25, 0.3) is 5.91 Å². The van der Waals surface area contributed by atoms with E-state index in [2.05, 4.69) is 15.5 Å². The highest BCUT2D eigenvalue weighted by Crippen LogP contribution is 2.29. The standard InChI is InChI=1S/C13H14N4O4S2/c1-20-8-4-3-7(5-9(8)21-2)11(19)15-12-16-17-13(23-12)22-6-10(14)18/h3-5H,6H2,1-2H3,(H2,14,18)(H,15,16,19). The quantitative estimate of drug-likeness (QED) is 0.570. The van der Waals surface area contributed by atoms with Crippen LogP contribution in [0.1, 0.15) is 10.4 Å². The van der Waals surface area contributed by atoms with Crippen LogP contribution in [-0.2, 0) is 4.79 Å². The zero-order valence-corrected chi connectivity index (χ0v) is 14.0. The van der Waals surface area contributed by atoms with Crippen molar-refractivity contribution < 1.29 is 19.1 Å². The first-order valence-corrected chi connectivity index (χ1v) is 8.11. The summed E-state index contributed by atoms with van der Waals surface area (Å²) in [6, 6.07) is 4.82. The van der Waals surface area contributed by atoms with Crippen LogP contribution in [0.5, 0.6) is 11.5 Å². The second-order valence-corrected chi connectivity index (χ2v) is 6.35. The van der Waals surface area contributed by atoms with E-state index >= 15 is 0 Å². The minimum absolute atomic E-state index is 0.109. The molecule has 0 saturated carbocycles.